The van der Waals surface area contributed by atoms with Crippen LogP contribution in [0.15, 0.2) is 42.5 Å². The van der Waals surface area contributed by atoms with E-state index in [1.807, 2.05) is 26.0 Å². The molecule has 1 aliphatic heterocycles. The molecular weight excluding hydrogens is 398 g/mol. The molecule has 0 fully saturated rings. The Kier molecular flexibility index (Phi) is 7.18. The van der Waals surface area contributed by atoms with Gasteiger partial charge in [-0.1, -0.05) is 0 Å². The summed E-state index contributed by atoms with van der Waals surface area (Å²) in [6.45, 7) is 5.92. The first kappa shape index (κ1) is 22.2. The van der Waals surface area contributed by atoms with Crippen LogP contribution in [-0.4, -0.2) is 37.8 Å². The summed E-state index contributed by atoms with van der Waals surface area (Å²) in [5.41, 5.74) is 2.37. The number of amides is 1. The Morgan fingerprint density at radius 3 is 2.68 bits per heavy atom. The molecule has 2 aromatic rings. The summed E-state index contributed by atoms with van der Waals surface area (Å²) in [4.78, 5) is 24.5. The average molecular weight is 425 g/mol. The lowest BCUT2D eigenvalue weighted by Crippen LogP contribution is -2.29. The monoisotopic (exact) mass is 425 g/mol. The van der Waals surface area contributed by atoms with E-state index in [2.05, 4.69) is 5.32 Å². The largest absolute Gasteiger partial charge is 0.497 e. The lowest BCUT2D eigenvalue weighted by atomic mass is 10.1. The zero-order valence-electron chi connectivity index (χ0n) is 18.1. The summed E-state index contributed by atoms with van der Waals surface area (Å²) in [5.74, 6) is 1.08. The molecule has 1 heterocycles. The normalized spacial score (nSPS) is 15.7. The fourth-order valence-corrected chi connectivity index (χ4v) is 3.21. The highest BCUT2D eigenvalue weighted by molar-refractivity contribution is 5.96. The molecule has 1 N–H and O–H groups in total. The predicted octanol–water partition coefficient (Wildman–Crippen LogP) is 4.00. The predicted molar refractivity (Wildman–Crippen MR) is 118 cm³/mol. The summed E-state index contributed by atoms with van der Waals surface area (Å²) in [6, 6.07) is 10.7. The lowest BCUT2D eigenvalue weighted by molar-refractivity contribution is -0.148. The Labute approximate surface area is 181 Å². The molecular formula is C24H27NO6. The van der Waals surface area contributed by atoms with Crippen molar-refractivity contribution < 1.29 is 28.5 Å². The van der Waals surface area contributed by atoms with E-state index < -0.39 is 18.0 Å². The van der Waals surface area contributed by atoms with Gasteiger partial charge < -0.3 is 24.3 Å². The lowest BCUT2D eigenvalue weighted by Gasteiger charge is -2.13. The molecule has 0 saturated heterocycles. The van der Waals surface area contributed by atoms with Gasteiger partial charge in [0.1, 0.15) is 23.4 Å². The SMILES string of the molecule is CCOc1cc2c(cc1/C=C/C(=O)O[C@H](C)C(=O)Nc1ccc(OC)cc1)O[C@H](C)C2. The van der Waals surface area contributed by atoms with Crippen molar-refractivity contribution >= 4 is 23.6 Å². The molecule has 3 rings (SSSR count). The van der Waals surface area contributed by atoms with Gasteiger partial charge in [0.15, 0.2) is 6.10 Å². The molecule has 0 saturated carbocycles. The number of methoxy groups -OCH3 is 1. The summed E-state index contributed by atoms with van der Waals surface area (Å²) in [5, 5.41) is 2.70. The zero-order valence-corrected chi connectivity index (χ0v) is 18.1. The molecule has 1 amide bonds. The second-order valence-corrected chi connectivity index (χ2v) is 7.19. The molecule has 1 aliphatic rings. The molecule has 0 radical (unpaired) electrons. The third-order valence-electron chi connectivity index (χ3n) is 4.75. The van der Waals surface area contributed by atoms with Crippen LogP contribution in [0.1, 0.15) is 31.9 Å². The van der Waals surface area contributed by atoms with Gasteiger partial charge in [0.2, 0.25) is 0 Å². The molecule has 31 heavy (non-hydrogen) atoms. The Hall–Kier alpha value is -3.48. The molecule has 7 nitrogen and oxygen atoms in total. The van der Waals surface area contributed by atoms with Crippen LogP contribution in [0.3, 0.4) is 0 Å². The molecule has 2 atom stereocenters. The molecule has 0 unspecified atom stereocenters. The Morgan fingerprint density at radius 1 is 1.26 bits per heavy atom. The Balaban J connectivity index is 1.61. The van der Waals surface area contributed by atoms with Crippen molar-refractivity contribution in [3.05, 3.63) is 53.6 Å². The van der Waals surface area contributed by atoms with Gasteiger partial charge in [-0.25, -0.2) is 4.79 Å². The van der Waals surface area contributed by atoms with Crippen molar-refractivity contribution in [3.8, 4) is 17.2 Å². The van der Waals surface area contributed by atoms with Crippen LogP contribution in [0, 0.1) is 0 Å². The van der Waals surface area contributed by atoms with Gasteiger partial charge in [0.05, 0.1) is 13.7 Å². The van der Waals surface area contributed by atoms with Crippen molar-refractivity contribution in [2.24, 2.45) is 0 Å². The maximum atomic E-state index is 12.3. The standard InChI is InChI=1S/C24H27NO6/c1-5-29-21-14-18-12-15(2)30-22(18)13-17(21)6-11-23(26)31-16(3)24(27)25-19-7-9-20(28-4)10-8-19/h6-11,13-16H,5,12H2,1-4H3,(H,25,27)/b11-6+/t15-,16-/m1/s1. The summed E-state index contributed by atoms with van der Waals surface area (Å²) in [6.07, 6.45) is 2.85. The van der Waals surface area contributed by atoms with Gasteiger partial charge in [-0.2, -0.15) is 0 Å². The van der Waals surface area contributed by atoms with E-state index in [1.54, 1.807) is 37.5 Å². The van der Waals surface area contributed by atoms with Crippen molar-refractivity contribution in [2.75, 3.05) is 19.0 Å². The molecule has 0 spiro atoms. The number of benzene rings is 2. The van der Waals surface area contributed by atoms with Gasteiger partial charge in [0, 0.05) is 29.3 Å². The number of nitrogens with one attached hydrogen (secondary N) is 1. The number of anilines is 1. The van der Waals surface area contributed by atoms with Crippen LogP contribution >= 0.6 is 0 Å². The average Bonchev–Trinajstić information content (AvgIpc) is 3.11. The maximum Gasteiger partial charge on any atom is 0.331 e. The Morgan fingerprint density at radius 2 is 2.00 bits per heavy atom. The number of ether oxygens (including phenoxy) is 4. The van der Waals surface area contributed by atoms with E-state index in [0.717, 1.165) is 17.7 Å². The number of fused-ring (bicyclic) bond motifs is 1. The quantitative estimate of drug-likeness (QED) is 0.508. The highest BCUT2D eigenvalue weighted by Crippen LogP contribution is 2.35. The highest BCUT2D eigenvalue weighted by atomic mass is 16.5. The summed E-state index contributed by atoms with van der Waals surface area (Å²) in [7, 11) is 1.57. The van der Waals surface area contributed by atoms with E-state index in [4.69, 9.17) is 18.9 Å². The topological polar surface area (TPSA) is 83.1 Å². The van der Waals surface area contributed by atoms with E-state index in [9.17, 15) is 9.59 Å². The van der Waals surface area contributed by atoms with Gasteiger partial charge in [0.25, 0.3) is 5.91 Å². The van der Waals surface area contributed by atoms with Crippen LogP contribution in [0.25, 0.3) is 6.08 Å². The van der Waals surface area contributed by atoms with Crippen LogP contribution in [0.4, 0.5) is 5.69 Å². The van der Waals surface area contributed by atoms with Gasteiger partial charge in [-0.3, -0.25) is 4.79 Å². The van der Waals surface area contributed by atoms with Crippen molar-refractivity contribution in [2.45, 2.75) is 39.4 Å². The first-order valence-electron chi connectivity index (χ1n) is 10.2. The molecule has 164 valence electrons. The number of carbonyl (C=O) groups is 2. The second-order valence-electron chi connectivity index (χ2n) is 7.19. The van der Waals surface area contributed by atoms with E-state index in [-0.39, 0.29) is 6.10 Å². The molecule has 0 bridgehead atoms. The fraction of sp³-hybridized carbons (Fsp3) is 0.333. The minimum atomic E-state index is -0.963. The molecule has 0 aromatic heterocycles. The number of carbonyl (C=O) groups excluding carboxylic acids is 2. The van der Waals surface area contributed by atoms with E-state index in [0.29, 0.717) is 29.4 Å². The number of rotatable bonds is 8. The smallest absolute Gasteiger partial charge is 0.331 e. The third kappa shape index (κ3) is 5.78. The number of hydrogen-bond donors (Lipinski definition) is 1. The Bertz CT molecular complexity index is 967. The van der Waals surface area contributed by atoms with Gasteiger partial charge in [-0.15, -0.1) is 0 Å². The number of esters is 1. The summed E-state index contributed by atoms with van der Waals surface area (Å²) >= 11 is 0. The minimum Gasteiger partial charge on any atom is -0.497 e. The minimum absolute atomic E-state index is 0.110. The van der Waals surface area contributed by atoms with E-state index >= 15 is 0 Å². The molecule has 2 aromatic carbocycles. The first-order chi connectivity index (χ1) is 14.9. The van der Waals surface area contributed by atoms with Crippen molar-refractivity contribution in [1.82, 2.24) is 0 Å². The van der Waals surface area contributed by atoms with Crippen LogP contribution in [0.5, 0.6) is 17.2 Å². The van der Waals surface area contributed by atoms with Crippen LogP contribution in [0.2, 0.25) is 0 Å². The van der Waals surface area contributed by atoms with Crippen molar-refractivity contribution in [3.63, 3.8) is 0 Å². The van der Waals surface area contributed by atoms with Crippen molar-refractivity contribution in [1.29, 1.82) is 0 Å². The maximum absolute atomic E-state index is 12.3. The molecule has 7 heteroatoms. The second kappa shape index (κ2) is 10.0. The highest BCUT2D eigenvalue weighted by Gasteiger charge is 2.21. The fourth-order valence-electron chi connectivity index (χ4n) is 3.21. The zero-order chi connectivity index (χ0) is 22.4. The number of hydrogen-bond acceptors (Lipinski definition) is 6. The van der Waals surface area contributed by atoms with E-state index in [1.165, 1.54) is 13.0 Å². The third-order valence-corrected chi connectivity index (χ3v) is 4.75. The molecule has 0 aliphatic carbocycles. The van der Waals surface area contributed by atoms with Crippen LogP contribution < -0.4 is 19.5 Å². The summed E-state index contributed by atoms with van der Waals surface area (Å²) < 4.78 is 21.8. The first-order valence-corrected chi connectivity index (χ1v) is 10.2. The van der Waals surface area contributed by atoms with Crippen LogP contribution in [-0.2, 0) is 20.7 Å². The van der Waals surface area contributed by atoms with Gasteiger partial charge >= 0.3 is 5.97 Å². The van der Waals surface area contributed by atoms with Gasteiger partial charge in [-0.05, 0) is 63.2 Å².